The number of thiophene rings is 1. The van der Waals surface area contributed by atoms with E-state index in [1.165, 1.54) is 45.8 Å². The van der Waals surface area contributed by atoms with Crippen LogP contribution in [0.1, 0.15) is 28.2 Å². The molecule has 9 heteroatoms. The normalized spacial score (nSPS) is 16.1. The maximum atomic E-state index is 14.9. The molecule has 3 heterocycles. The molecule has 1 amide bonds. The molecule has 5 rings (SSSR count). The van der Waals surface area contributed by atoms with E-state index in [2.05, 4.69) is 4.98 Å². The SMILES string of the molecule is CCOc1ccc2nc(N3C(=O)C(O)=C(C(=O)c4cccs4)C3c3ccccc3F)sc2c1. The molecule has 2 aromatic heterocycles. The lowest BCUT2D eigenvalue weighted by atomic mass is 9.95. The highest BCUT2D eigenvalue weighted by atomic mass is 32.1. The van der Waals surface area contributed by atoms with Gasteiger partial charge in [0.25, 0.3) is 5.91 Å². The molecule has 0 saturated carbocycles. The molecule has 2 aromatic carbocycles. The van der Waals surface area contributed by atoms with Crippen molar-refractivity contribution < 1.29 is 23.8 Å². The van der Waals surface area contributed by atoms with Crippen molar-refractivity contribution in [2.75, 3.05) is 11.5 Å². The number of nitrogens with zero attached hydrogens (tertiary/aromatic N) is 2. The van der Waals surface area contributed by atoms with Gasteiger partial charge in [0.05, 0.1) is 27.3 Å². The van der Waals surface area contributed by atoms with Crippen molar-refractivity contribution in [1.29, 1.82) is 0 Å². The second-order valence-corrected chi connectivity index (χ2v) is 9.18. The number of benzene rings is 2. The minimum absolute atomic E-state index is 0.101. The van der Waals surface area contributed by atoms with Crippen LogP contribution in [0.25, 0.3) is 10.2 Å². The number of carbonyl (C=O) groups excluding carboxylic acids is 2. The lowest BCUT2D eigenvalue weighted by Crippen LogP contribution is -2.31. The van der Waals surface area contributed by atoms with Gasteiger partial charge in [-0.2, -0.15) is 0 Å². The van der Waals surface area contributed by atoms with E-state index in [0.717, 1.165) is 4.70 Å². The van der Waals surface area contributed by atoms with Gasteiger partial charge in [0, 0.05) is 5.56 Å². The molecular formula is C24H17FN2O4S2. The predicted molar refractivity (Wildman–Crippen MR) is 126 cm³/mol. The maximum absolute atomic E-state index is 14.9. The van der Waals surface area contributed by atoms with Gasteiger partial charge in [-0.1, -0.05) is 35.6 Å². The van der Waals surface area contributed by atoms with E-state index in [9.17, 15) is 19.1 Å². The molecule has 33 heavy (non-hydrogen) atoms. The number of anilines is 1. The number of hydrogen-bond acceptors (Lipinski definition) is 7. The Morgan fingerprint density at radius 3 is 2.76 bits per heavy atom. The summed E-state index contributed by atoms with van der Waals surface area (Å²) in [6, 6.07) is 13.4. The Balaban J connectivity index is 1.67. The van der Waals surface area contributed by atoms with Crippen molar-refractivity contribution in [3.05, 3.63) is 87.6 Å². The highest BCUT2D eigenvalue weighted by Gasteiger charge is 2.47. The molecule has 1 aliphatic heterocycles. The number of ether oxygens (including phenoxy) is 1. The molecule has 0 bridgehead atoms. The molecule has 0 aliphatic carbocycles. The summed E-state index contributed by atoms with van der Waals surface area (Å²) >= 11 is 2.39. The van der Waals surface area contributed by atoms with Gasteiger partial charge in [0.1, 0.15) is 17.6 Å². The Hall–Kier alpha value is -3.56. The number of halogens is 1. The molecule has 1 atom stereocenters. The highest BCUT2D eigenvalue weighted by molar-refractivity contribution is 7.22. The number of carbonyl (C=O) groups is 2. The summed E-state index contributed by atoms with van der Waals surface area (Å²) in [7, 11) is 0. The van der Waals surface area contributed by atoms with Crippen molar-refractivity contribution in [2.45, 2.75) is 13.0 Å². The minimum atomic E-state index is -1.15. The van der Waals surface area contributed by atoms with Crippen molar-refractivity contribution in [1.82, 2.24) is 4.98 Å². The quantitative estimate of drug-likeness (QED) is 0.359. The van der Waals surface area contributed by atoms with Crippen LogP contribution >= 0.6 is 22.7 Å². The number of amides is 1. The summed E-state index contributed by atoms with van der Waals surface area (Å²) in [6.45, 7) is 2.38. The first-order valence-corrected chi connectivity index (χ1v) is 11.8. The third-order valence-electron chi connectivity index (χ3n) is 5.26. The van der Waals surface area contributed by atoms with E-state index in [0.29, 0.717) is 22.8 Å². The number of rotatable bonds is 6. The fraction of sp³-hybridized carbons (Fsp3) is 0.125. The van der Waals surface area contributed by atoms with Crippen molar-refractivity contribution in [3.63, 3.8) is 0 Å². The van der Waals surface area contributed by atoms with E-state index in [1.807, 2.05) is 13.0 Å². The van der Waals surface area contributed by atoms with Gasteiger partial charge in [-0.05, 0) is 42.6 Å². The van der Waals surface area contributed by atoms with Crippen LogP contribution in [0.5, 0.6) is 5.75 Å². The number of hydrogen-bond donors (Lipinski definition) is 1. The second-order valence-electron chi connectivity index (χ2n) is 7.23. The largest absolute Gasteiger partial charge is 0.503 e. The van der Waals surface area contributed by atoms with E-state index in [-0.39, 0.29) is 16.3 Å². The Kier molecular flexibility index (Phi) is 5.43. The molecule has 6 nitrogen and oxygen atoms in total. The summed E-state index contributed by atoms with van der Waals surface area (Å²) in [4.78, 5) is 32.6. The van der Waals surface area contributed by atoms with Crippen LogP contribution in [0.2, 0.25) is 0 Å². The Bertz CT molecular complexity index is 1410. The first-order chi connectivity index (χ1) is 16.0. The fourth-order valence-corrected chi connectivity index (χ4v) is 5.52. The number of fused-ring (bicyclic) bond motifs is 1. The smallest absolute Gasteiger partial charge is 0.296 e. The molecule has 0 saturated heterocycles. The first-order valence-electron chi connectivity index (χ1n) is 10.1. The molecule has 4 aromatic rings. The average molecular weight is 481 g/mol. The van der Waals surface area contributed by atoms with Crippen LogP contribution in [0, 0.1) is 5.82 Å². The van der Waals surface area contributed by atoms with E-state index < -0.39 is 29.3 Å². The van der Waals surface area contributed by atoms with Gasteiger partial charge >= 0.3 is 0 Å². The third-order valence-corrected chi connectivity index (χ3v) is 7.15. The summed E-state index contributed by atoms with van der Waals surface area (Å²) in [5.41, 5.74) is 0.557. The van der Waals surface area contributed by atoms with Gasteiger partial charge in [-0.25, -0.2) is 9.37 Å². The number of Topliss-reactive ketones (excluding diaryl/α,β-unsaturated/α-hetero) is 1. The molecule has 1 unspecified atom stereocenters. The van der Waals surface area contributed by atoms with Gasteiger partial charge < -0.3 is 9.84 Å². The Morgan fingerprint density at radius 1 is 1.21 bits per heavy atom. The van der Waals surface area contributed by atoms with Crippen LogP contribution in [-0.2, 0) is 4.79 Å². The molecule has 0 radical (unpaired) electrons. The number of thiazole rings is 1. The average Bonchev–Trinajstić information content (AvgIpc) is 3.53. The number of aliphatic hydroxyl groups excluding tert-OH is 1. The van der Waals surface area contributed by atoms with Gasteiger partial charge in [-0.15, -0.1) is 11.3 Å². The summed E-state index contributed by atoms with van der Waals surface area (Å²) in [6.07, 6.45) is 0. The van der Waals surface area contributed by atoms with E-state index >= 15 is 0 Å². The monoisotopic (exact) mass is 480 g/mol. The molecule has 1 aliphatic rings. The van der Waals surface area contributed by atoms with Gasteiger partial charge in [0.15, 0.2) is 10.9 Å². The van der Waals surface area contributed by atoms with Crippen LogP contribution in [0.15, 0.2) is 71.3 Å². The summed E-state index contributed by atoms with van der Waals surface area (Å²) in [5, 5.41) is 12.7. The molecule has 166 valence electrons. The van der Waals surface area contributed by atoms with Crippen LogP contribution in [0.3, 0.4) is 0 Å². The first kappa shape index (κ1) is 21.3. The molecular weight excluding hydrogens is 463 g/mol. The van der Waals surface area contributed by atoms with E-state index in [1.54, 1.807) is 35.7 Å². The number of aliphatic hydroxyl groups is 1. The highest BCUT2D eigenvalue weighted by Crippen LogP contribution is 2.45. The zero-order valence-corrected chi connectivity index (χ0v) is 19.0. The third kappa shape index (κ3) is 3.59. The van der Waals surface area contributed by atoms with Crippen molar-refractivity contribution in [3.8, 4) is 5.75 Å². The summed E-state index contributed by atoms with van der Waals surface area (Å²) in [5.74, 6) is -1.95. The van der Waals surface area contributed by atoms with Crippen molar-refractivity contribution in [2.24, 2.45) is 0 Å². The predicted octanol–water partition coefficient (Wildman–Crippen LogP) is 5.68. The van der Waals surface area contributed by atoms with E-state index in [4.69, 9.17) is 4.74 Å². The minimum Gasteiger partial charge on any atom is -0.503 e. The number of ketones is 1. The molecule has 1 N–H and O–H groups in total. The van der Waals surface area contributed by atoms with Crippen LogP contribution < -0.4 is 9.64 Å². The summed E-state index contributed by atoms with van der Waals surface area (Å²) < 4.78 is 21.2. The Labute approximate surface area is 196 Å². The molecule has 0 fully saturated rings. The standard InChI is InChI=1S/C24H17FN2O4S2/c1-2-31-13-9-10-16-18(12-13)33-24(26-16)27-20(14-6-3-4-7-15(14)25)19(22(29)23(27)30)21(28)17-8-5-11-32-17/h3-12,20,29H,2H2,1H3. The maximum Gasteiger partial charge on any atom is 0.296 e. The fourth-order valence-electron chi connectivity index (χ4n) is 3.82. The molecule has 0 spiro atoms. The van der Waals surface area contributed by atoms with Crippen molar-refractivity contribution >= 4 is 49.7 Å². The number of aromatic nitrogens is 1. The lowest BCUT2D eigenvalue weighted by Gasteiger charge is -2.24. The van der Waals surface area contributed by atoms with Gasteiger partial charge in [0.2, 0.25) is 5.78 Å². The topological polar surface area (TPSA) is 79.7 Å². The lowest BCUT2D eigenvalue weighted by molar-refractivity contribution is -0.117. The van der Waals surface area contributed by atoms with Crippen LogP contribution in [0.4, 0.5) is 9.52 Å². The zero-order valence-electron chi connectivity index (χ0n) is 17.3. The van der Waals surface area contributed by atoms with Crippen LogP contribution in [-0.4, -0.2) is 28.4 Å². The Morgan fingerprint density at radius 2 is 2.03 bits per heavy atom. The second kappa shape index (κ2) is 8.42. The van der Waals surface area contributed by atoms with Gasteiger partial charge in [-0.3, -0.25) is 14.5 Å². The zero-order chi connectivity index (χ0) is 23.1.